The number of rotatable bonds is 4. The number of fused-ring (bicyclic) bond motifs is 4. The van der Waals surface area contributed by atoms with Gasteiger partial charge in [0, 0.05) is 30.2 Å². The standard InChI is InChI=1S/C21H26N2O2/c1-3-21(12-9-18(24)25-2)11-6-13-23-14-10-16-15-7-4-5-8-17(15)22-19(16)20(21)23/h4-5,7-8H,3,6,9-14H2,1-2H3/p+1/t21-/m1/s1. The molecular weight excluding hydrogens is 312 g/mol. The topological polar surface area (TPSA) is 45.1 Å². The summed E-state index contributed by atoms with van der Waals surface area (Å²) in [6.07, 6.45) is 5.88. The van der Waals surface area contributed by atoms with Crippen molar-refractivity contribution >= 4 is 22.6 Å². The molecule has 2 aliphatic rings. The average Bonchev–Trinajstić information content (AvgIpc) is 3.04. The molecule has 1 aromatic heterocycles. The molecule has 0 amide bonds. The summed E-state index contributed by atoms with van der Waals surface area (Å²) < 4.78 is 7.49. The van der Waals surface area contributed by atoms with Crippen molar-refractivity contribution in [1.29, 1.82) is 0 Å². The van der Waals surface area contributed by atoms with Crippen LogP contribution in [0.5, 0.6) is 0 Å². The van der Waals surface area contributed by atoms with Crippen LogP contribution in [0.1, 0.15) is 50.3 Å². The molecule has 25 heavy (non-hydrogen) atoms. The number of carbonyl (C=O) groups is 1. The number of H-pyrrole nitrogens is 1. The lowest BCUT2D eigenvalue weighted by Gasteiger charge is -2.37. The van der Waals surface area contributed by atoms with E-state index in [1.165, 1.54) is 41.4 Å². The molecule has 1 aromatic carbocycles. The lowest BCUT2D eigenvalue weighted by atomic mass is 9.68. The zero-order valence-corrected chi connectivity index (χ0v) is 15.2. The van der Waals surface area contributed by atoms with E-state index < -0.39 is 0 Å². The van der Waals surface area contributed by atoms with Crippen LogP contribution in [0.15, 0.2) is 24.3 Å². The number of esters is 1. The Morgan fingerprint density at radius 3 is 2.96 bits per heavy atom. The van der Waals surface area contributed by atoms with E-state index in [9.17, 15) is 4.79 Å². The lowest BCUT2D eigenvalue weighted by Crippen LogP contribution is -2.46. The van der Waals surface area contributed by atoms with Gasteiger partial charge in [-0.2, -0.15) is 0 Å². The third kappa shape index (κ3) is 2.59. The largest absolute Gasteiger partial charge is 0.469 e. The molecule has 4 heteroatoms. The number of hydrogen-bond acceptors (Lipinski definition) is 2. The molecule has 0 saturated heterocycles. The maximum absolute atomic E-state index is 11.8. The van der Waals surface area contributed by atoms with Gasteiger partial charge in [0.05, 0.1) is 12.5 Å². The Morgan fingerprint density at radius 1 is 1.32 bits per heavy atom. The second kappa shape index (κ2) is 6.32. The van der Waals surface area contributed by atoms with E-state index in [1.807, 2.05) is 0 Å². The summed E-state index contributed by atoms with van der Waals surface area (Å²) in [5, 5.41) is 1.35. The Morgan fingerprint density at radius 2 is 2.16 bits per heavy atom. The number of hydrogen-bond donors (Lipinski definition) is 1. The van der Waals surface area contributed by atoms with Gasteiger partial charge in [-0.3, -0.25) is 4.79 Å². The van der Waals surface area contributed by atoms with Crippen LogP contribution < -0.4 is 0 Å². The fraction of sp³-hybridized carbons (Fsp3) is 0.524. The Labute approximate surface area is 148 Å². The minimum atomic E-state index is -0.0989. The molecule has 0 saturated carbocycles. The van der Waals surface area contributed by atoms with E-state index in [0.717, 1.165) is 38.8 Å². The maximum atomic E-state index is 11.8. The summed E-state index contributed by atoms with van der Waals surface area (Å²) >= 11 is 0. The van der Waals surface area contributed by atoms with Crippen LogP contribution in [-0.4, -0.2) is 41.4 Å². The van der Waals surface area contributed by atoms with Crippen molar-refractivity contribution in [2.24, 2.45) is 5.41 Å². The number of nitrogens with one attached hydrogen (secondary N) is 1. The third-order valence-corrected chi connectivity index (χ3v) is 6.30. The number of nitrogens with zero attached hydrogens (tertiary/aromatic N) is 1. The SMILES string of the molecule is CC[C@]1(CCC(=O)OC)CCC[N+]2=C1c1[nH]c3ccccc3c1CC2. The van der Waals surface area contributed by atoms with Crippen LogP contribution in [0.4, 0.5) is 0 Å². The van der Waals surface area contributed by atoms with Crippen LogP contribution in [0.3, 0.4) is 0 Å². The summed E-state index contributed by atoms with van der Waals surface area (Å²) in [6, 6.07) is 8.62. The van der Waals surface area contributed by atoms with Gasteiger partial charge in [0.15, 0.2) is 0 Å². The van der Waals surface area contributed by atoms with Crippen molar-refractivity contribution in [2.45, 2.75) is 45.4 Å². The summed E-state index contributed by atoms with van der Waals surface area (Å²) in [6.45, 7) is 4.49. The zero-order valence-electron chi connectivity index (χ0n) is 15.2. The predicted molar refractivity (Wildman–Crippen MR) is 99.3 cm³/mol. The fourth-order valence-corrected chi connectivity index (χ4v) is 4.94. The Hall–Kier alpha value is -2.10. The molecule has 2 aliphatic heterocycles. The Balaban J connectivity index is 1.83. The minimum Gasteiger partial charge on any atom is -0.469 e. The first-order valence-electron chi connectivity index (χ1n) is 9.47. The first kappa shape index (κ1) is 16.4. The first-order valence-corrected chi connectivity index (χ1v) is 9.47. The summed E-state index contributed by atoms with van der Waals surface area (Å²) in [7, 11) is 1.48. The van der Waals surface area contributed by atoms with E-state index in [4.69, 9.17) is 4.74 Å². The van der Waals surface area contributed by atoms with E-state index in [-0.39, 0.29) is 11.4 Å². The second-order valence-electron chi connectivity index (χ2n) is 7.42. The summed E-state index contributed by atoms with van der Waals surface area (Å²) in [5.74, 6) is -0.0989. The normalized spacial score (nSPS) is 22.6. The molecular formula is C21H27N2O2+. The van der Waals surface area contributed by atoms with Crippen molar-refractivity contribution in [1.82, 2.24) is 4.98 Å². The van der Waals surface area contributed by atoms with Gasteiger partial charge in [0.2, 0.25) is 5.71 Å². The number of benzene rings is 1. The first-order chi connectivity index (χ1) is 12.2. The Kier molecular flexibility index (Phi) is 4.14. The number of aromatic amines is 1. The fourth-order valence-electron chi connectivity index (χ4n) is 4.94. The van der Waals surface area contributed by atoms with Gasteiger partial charge < -0.3 is 9.72 Å². The lowest BCUT2D eigenvalue weighted by molar-refractivity contribution is -0.538. The highest BCUT2D eigenvalue weighted by atomic mass is 16.5. The van der Waals surface area contributed by atoms with Crippen molar-refractivity contribution in [3.8, 4) is 0 Å². The van der Waals surface area contributed by atoms with E-state index in [0.29, 0.717) is 6.42 Å². The monoisotopic (exact) mass is 339 g/mol. The zero-order chi connectivity index (χ0) is 17.4. The Bertz CT molecular complexity index is 849. The minimum absolute atomic E-state index is 0.0719. The van der Waals surface area contributed by atoms with Crippen molar-refractivity contribution in [3.05, 3.63) is 35.5 Å². The van der Waals surface area contributed by atoms with Crippen molar-refractivity contribution < 1.29 is 14.1 Å². The van der Waals surface area contributed by atoms with Gasteiger partial charge in [-0.05, 0) is 30.9 Å². The molecule has 1 atom stereocenters. The van der Waals surface area contributed by atoms with Crippen molar-refractivity contribution in [3.63, 3.8) is 0 Å². The maximum Gasteiger partial charge on any atom is 0.305 e. The van der Waals surface area contributed by atoms with Gasteiger partial charge in [-0.25, -0.2) is 4.58 Å². The highest BCUT2D eigenvalue weighted by Crippen LogP contribution is 2.43. The number of carbonyl (C=O) groups excluding carboxylic acids is 1. The molecule has 0 spiro atoms. The van der Waals surface area contributed by atoms with Gasteiger partial charge in [-0.15, -0.1) is 0 Å². The van der Waals surface area contributed by atoms with E-state index in [1.54, 1.807) is 0 Å². The molecule has 0 unspecified atom stereocenters. The van der Waals surface area contributed by atoms with Gasteiger partial charge in [-0.1, -0.05) is 25.1 Å². The van der Waals surface area contributed by atoms with Crippen molar-refractivity contribution in [2.75, 3.05) is 20.2 Å². The highest BCUT2D eigenvalue weighted by Gasteiger charge is 2.47. The molecule has 132 valence electrons. The van der Waals surface area contributed by atoms with Crippen LogP contribution in [0, 0.1) is 5.41 Å². The summed E-state index contributed by atoms with van der Waals surface area (Å²) in [4.78, 5) is 15.5. The van der Waals surface area contributed by atoms with E-state index in [2.05, 4.69) is 40.7 Å². The van der Waals surface area contributed by atoms with Crippen LogP contribution in [0.25, 0.3) is 10.9 Å². The number of para-hydroxylation sites is 1. The highest BCUT2D eigenvalue weighted by molar-refractivity contribution is 6.06. The van der Waals surface area contributed by atoms with Gasteiger partial charge in [0.1, 0.15) is 18.8 Å². The summed E-state index contributed by atoms with van der Waals surface area (Å²) in [5.41, 5.74) is 5.52. The average molecular weight is 339 g/mol. The molecule has 3 heterocycles. The van der Waals surface area contributed by atoms with E-state index >= 15 is 0 Å². The number of methoxy groups -OCH3 is 1. The van der Waals surface area contributed by atoms with Gasteiger partial charge >= 0.3 is 5.97 Å². The van der Waals surface area contributed by atoms with Crippen LogP contribution in [0.2, 0.25) is 0 Å². The smallest absolute Gasteiger partial charge is 0.305 e. The quantitative estimate of drug-likeness (QED) is 0.682. The molecule has 0 bridgehead atoms. The number of ether oxygens (including phenoxy) is 1. The molecule has 1 N–H and O–H groups in total. The second-order valence-corrected chi connectivity index (χ2v) is 7.42. The molecule has 4 nitrogen and oxygen atoms in total. The molecule has 4 rings (SSSR count). The van der Waals surface area contributed by atoms with Crippen LogP contribution >= 0.6 is 0 Å². The third-order valence-electron chi connectivity index (χ3n) is 6.30. The van der Waals surface area contributed by atoms with Crippen LogP contribution in [-0.2, 0) is 16.0 Å². The molecule has 0 radical (unpaired) electrons. The predicted octanol–water partition coefficient (Wildman–Crippen LogP) is 3.67. The number of aromatic nitrogens is 1. The van der Waals surface area contributed by atoms with Gasteiger partial charge in [0.25, 0.3) is 0 Å². The molecule has 0 aliphatic carbocycles. The molecule has 0 fully saturated rings. The molecule has 2 aromatic rings.